The van der Waals surface area contributed by atoms with E-state index in [0.29, 0.717) is 6.54 Å². The zero-order chi connectivity index (χ0) is 16.5. The van der Waals surface area contributed by atoms with E-state index in [2.05, 4.69) is 24.0 Å². The van der Waals surface area contributed by atoms with Gasteiger partial charge in [0.05, 0.1) is 26.5 Å². The van der Waals surface area contributed by atoms with Gasteiger partial charge >= 0.3 is 0 Å². The molecule has 0 aliphatic carbocycles. The second kappa shape index (κ2) is 9.18. The van der Waals surface area contributed by atoms with Crippen LogP contribution in [0.15, 0.2) is 53.2 Å². The number of benzene rings is 1. The van der Waals surface area contributed by atoms with Gasteiger partial charge in [-0.05, 0) is 24.6 Å². The Balaban J connectivity index is 2.06. The lowest BCUT2D eigenvalue weighted by atomic mass is 10.1. The maximum absolute atomic E-state index is 9.61. The monoisotopic (exact) mass is 315 g/mol. The number of rotatable bonds is 9. The summed E-state index contributed by atoms with van der Waals surface area (Å²) in [6, 6.07) is 11.9. The molecule has 0 unspecified atom stereocenters. The largest absolute Gasteiger partial charge is 0.496 e. The van der Waals surface area contributed by atoms with Crippen molar-refractivity contribution in [1.82, 2.24) is 4.90 Å². The molecule has 124 valence electrons. The van der Waals surface area contributed by atoms with E-state index in [4.69, 9.17) is 9.15 Å². The number of aliphatic hydroxyl groups is 1. The van der Waals surface area contributed by atoms with Gasteiger partial charge in [0.2, 0.25) is 0 Å². The van der Waals surface area contributed by atoms with Crippen molar-refractivity contribution in [2.24, 2.45) is 0 Å². The standard InChI is InChI=1S/C19H25NO3/c1-3-17(15-21)20(14-18-10-7-13-23-18)12-6-9-16-8-4-5-11-19(16)22-2/h4-11,13,17,21H,3,12,14-15H2,1-2H3/b9-6+/t17-/m0/s1. The zero-order valence-electron chi connectivity index (χ0n) is 13.8. The van der Waals surface area contributed by atoms with Crippen LogP contribution in [0, 0.1) is 0 Å². The van der Waals surface area contributed by atoms with Gasteiger partial charge in [-0.3, -0.25) is 4.90 Å². The predicted octanol–water partition coefficient (Wildman–Crippen LogP) is 3.57. The highest BCUT2D eigenvalue weighted by Crippen LogP contribution is 2.19. The number of furan rings is 1. The number of aliphatic hydroxyl groups excluding tert-OH is 1. The van der Waals surface area contributed by atoms with Crippen LogP contribution in [-0.4, -0.2) is 36.3 Å². The van der Waals surface area contributed by atoms with Crippen molar-refractivity contribution in [3.8, 4) is 5.75 Å². The van der Waals surface area contributed by atoms with Crippen LogP contribution in [0.4, 0.5) is 0 Å². The van der Waals surface area contributed by atoms with Gasteiger partial charge in [0, 0.05) is 18.2 Å². The smallest absolute Gasteiger partial charge is 0.126 e. The van der Waals surface area contributed by atoms with Crippen molar-refractivity contribution in [1.29, 1.82) is 0 Å². The van der Waals surface area contributed by atoms with E-state index in [1.165, 1.54) is 0 Å². The van der Waals surface area contributed by atoms with Gasteiger partial charge in [-0.15, -0.1) is 0 Å². The van der Waals surface area contributed by atoms with Crippen LogP contribution in [0.25, 0.3) is 6.08 Å². The molecule has 0 amide bonds. The number of nitrogens with zero attached hydrogens (tertiary/aromatic N) is 1. The Morgan fingerprint density at radius 2 is 2.09 bits per heavy atom. The highest BCUT2D eigenvalue weighted by molar-refractivity contribution is 5.57. The lowest BCUT2D eigenvalue weighted by molar-refractivity contribution is 0.118. The molecule has 0 spiro atoms. The molecule has 1 aromatic carbocycles. The number of methoxy groups -OCH3 is 1. The Morgan fingerprint density at radius 1 is 1.26 bits per heavy atom. The average Bonchev–Trinajstić information content (AvgIpc) is 3.09. The van der Waals surface area contributed by atoms with E-state index >= 15 is 0 Å². The summed E-state index contributed by atoms with van der Waals surface area (Å²) in [7, 11) is 1.68. The molecule has 23 heavy (non-hydrogen) atoms. The average molecular weight is 315 g/mol. The van der Waals surface area contributed by atoms with Crippen LogP contribution >= 0.6 is 0 Å². The number of hydrogen-bond acceptors (Lipinski definition) is 4. The Hall–Kier alpha value is -2.04. The van der Waals surface area contributed by atoms with Crippen LogP contribution in [0.3, 0.4) is 0 Å². The molecule has 0 bridgehead atoms. The van der Waals surface area contributed by atoms with Crippen molar-refractivity contribution in [3.63, 3.8) is 0 Å². The van der Waals surface area contributed by atoms with E-state index in [9.17, 15) is 5.11 Å². The molecule has 1 aromatic heterocycles. The molecule has 1 N–H and O–H groups in total. The summed E-state index contributed by atoms with van der Waals surface area (Å²) < 4.78 is 10.8. The normalized spacial score (nSPS) is 12.9. The van der Waals surface area contributed by atoms with Gasteiger partial charge < -0.3 is 14.3 Å². The second-order valence-corrected chi connectivity index (χ2v) is 5.40. The fourth-order valence-electron chi connectivity index (χ4n) is 2.57. The van der Waals surface area contributed by atoms with Crippen LogP contribution in [0.5, 0.6) is 5.75 Å². The minimum Gasteiger partial charge on any atom is -0.496 e. The summed E-state index contributed by atoms with van der Waals surface area (Å²) in [5.74, 6) is 1.76. The molecule has 0 fully saturated rings. The number of hydrogen-bond donors (Lipinski definition) is 1. The first-order chi connectivity index (χ1) is 11.3. The maximum Gasteiger partial charge on any atom is 0.126 e. The minimum absolute atomic E-state index is 0.113. The van der Waals surface area contributed by atoms with Gasteiger partial charge in [0.1, 0.15) is 11.5 Å². The van der Waals surface area contributed by atoms with Crippen molar-refractivity contribution >= 4 is 6.08 Å². The molecule has 2 rings (SSSR count). The first kappa shape index (κ1) is 17.3. The molecule has 1 atom stereocenters. The van der Waals surface area contributed by atoms with Gasteiger partial charge in [-0.25, -0.2) is 0 Å². The van der Waals surface area contributed by atoms with E-state index in [-0.39, 0.29) is 12.6 Å². The van der Waals surface area contributed by atoms with Gasteiger partial charge in [-0.2, -0.15) is 0 Å². The fraction of sp³-hybridized carbons (Fsp3) is 0.368. The van der Waals surface area contributed by atoms with E-state index < -0.39 is 0 Å². The molecule has 0 saturated carbocycles. The third kappa shape index (κ3) is 4.98. The topological polar surface area (TPSA) is 45.8 Å². The number of para-hydroxylation sites is 1. The highest BCUT2D eigenvalue weighted by Gasteiger charge is 2.16. The quantitative estimate of drug-likeness (QED) is 0.768. The Morgan fingerprint density at radius 3 is 2.74 bits per heavy atom. The summed E-state index contributed by atoms with van der Waals surface area (Å²) in [5.41, 5.74) is 1.05. The first-order valence-electron chi connectivity index (χ1n) is 7.95. The fourth-order valence-corrected chi connectivity index (χ4v) is 2.57. The lowest BCUT2D eigenvalue weighted by Crippen LogP contribution is -2.37. The third-order valence-electron chi connectivity index (χ3n) is 3.91. The number of ether oxygens (including phenoxy) is 1. The van der Waals surface area contributed by atoms with Crippen molar-refractivity contribution < 1.29 is 14.3 Å². The summed E-state index contributed by atoms with van der Waals surface area (Å²) in [5, 5.41) is 9.61. The highest BCUT2D eigenvalue weighted by atomic mass is 16.5. The van der Waals surface area contributed by atoms with Crippen LogP contribution in [0.1, 0.15) is 24.7 Å². The van der Waals surface area contributed by atoms with Gasteiger partial charge in [0.25, 0.3) is 0 Å². The molecule has 4 heteroatoms. The van der Waals surface area contributed by atoms with Gasteiger partial charge in [-0.1, -0.05) is 37.3 Å². The molecular formula is C19H25NO3. The van der Waals surface area contributed by atoms with Crippen LogP contribution in [0.2, 0.25) is 0 Å². The molecule has 0 aliphatic heterocycles. The van der Waals surface area contributed by atoms with Crippen LogP contribution < -0.4 is 4.74 Å². The summed E-state index contributed by atoms with van der Waals surface area (Å²) in [6.07, 6.45) is 6.72. The Kier molecular flexibility index (Phi) is 6.91. The van der Waals surface area contributed by atoms with E-state index in [1.54, 1.807) is 13.4 Å². The SMILES string of the molecule is CC[C@@H](CO)N(C/C=C/c1ccccc1OC)Cc1ccco1. The summed E-state index contributed by atoms with van der Waals surface area (Å²) in [4.78, 5) is 2.21. The lowest BCUT2D eigenvalue weighted by Gasteiger charge is -2.27. The van der Waals surface area contributed by atoms with Crippen molar-refractivity contribution in [3.05, 3.63) is 60.1 Å². The summed E-state index contributed by atoms with van der Waals surface area (Å²) >= 11 is 0. The molecule has 0 aliphatic rings. The van der Waals surface area contributed by atoms with E-state index in [0.717, 1.165) is 30.0 Å². The molecule has 1 heterocycles. The summed E-state index contributed by atoms with van der Waals surface area (Å²) in [6.45, 7) is 3.64. The minimum atomic E-state index is 0.113. The predicted molar refractivity (Wildman–Crippen MR) is 92.3 cm³/mol. The first-order valence-corrected chi connectivity index (χ1v) is 7.95. The molecule has 0 saturated heterocycles. The molecule has 4 nitrogen and oxygen atoms in total. The zero-order valence-corrected chi connectivity index (χ0v) is 13.8. The Labute approximate surface area is 138 Å². The maximum atomic E-state index is 9.61. The third-order valence-corrected chi connectivity index (χ3v) is 3.91. The van der Waals surface area contributed by atoms with Crippen molar-refractivity contribution in [2.45, 2.75) is 25.9 Å². The second-order valence-electron chi connectivity index (χ2n) is 5.40. The molecule has 0 radical (unpaired) electrons. The van der Waals surface area contributed by atoms with Crippen LogP contribution in [-0.2, 0) is 6.54 Å². The van der Waals surface area contributed by atoms with E-state index in [1.807, 2.05) is 36.4 Å². The van der Waals surface area contributed by atoms with Crippen molar-refractivity contribution in [2.75, 3.05) is 20.3 Å². The molecular weight excluding hydrogens is 290 g/mol. The van der Waals surface area contributed by atoms with Gasteiger partial charge in [0.15, 0.2) is 0 Å². The Bertz CT molecular complexity index is 588. The molecule has 2 aromatic rings.